The van der Waals surface area contributed by atoms with E-state index in [4.69, 9.17) is 10.5 Å². The predicted octanol–water partition coefficient (Wildman–Crippen LogP) is 3.35. The molecule has 118 valence electrons. The van der Waals surface area contributed by atoms with Gasteiger partial charge in [0.25, 0.3) is 0 Å². The minimum atomic E-state index is 0.733. The number of benzene rings is 1. The van der Waals surface area contributed by atoms with E-state index in [1.807, 2.05) is 18.2 Å². The number of nitrogen functional groups attached to an aromatic ring is 1. The lowest BCUT2D eigenvalue weighted by molar-refractivity contribution is 0.296. The molecular formula is C17H29N3O. The number of likely N-dealkylation sites (tertiary alicyclic amines) is 1. The van der Waals surface area contributed by atoms with Crippen molar-refractivity contribution in [1.82, 2.24) is 4.90 Å². The van der Waals surface area contributed by atoms with Crippen LogP contribution in [0.15, 0.2) is 18.2 Å². The number of anilines is 2. The molecule has 4 heteroatoms. The molecule has 0 aliphatic carbocycles. The number of nitrogens with one attached hydrogen (secondary N) is 1. The highest BCUT2D eigenvalue weighted by Gasteiger charge is 2.08. The van der Waals surface area contributed by atoms with E-state index in [1.165, 1.54) is 38.8 Å². The third kappa shape index (κ3) is 5.84. The smallest absolute Gasteiger partial charge is 0.123 e. The second-order valence-corrected chi connectivity index (χ2v) is 5.82. The van der Waals surface area contributed by atoms with Gasteiger partial charge in [-0.15, -0.1) is 0 Å². The number of nitrogens with two attached hydrogens (primary N) is 1. The van der Waals surface area contributed by atoms with Crippen molar-refractivity contribution in [2.75, 3.05) is 43.8 Å². The van der Waals surface area contributed by atoms with E-state index in [-0.39, 0.29) is 0 Å². The normalized spacial score (nSPS) is 16.4. The Hall–Kier alpha value is -1.42. The van der Waals surface area contributed by atoms with Crippen molar-refractivity contribution in [3.05, 3.63) is 18.2 Å². The summed E-state index contributed by atoms with van der Waals surface area (Å²) in [5.41, 5.74) is 7.74. The predicted molar refractivity (Wildman–Crippen MR) is 90.0 cm³/mol. The highest BCUT2D eigenvalue weighted by molar-refractivity contribution is 5.59. The summed E-state index contributed by atoms with van der Waals surface area (Å²) in [5.74, 6) is 0.856. The average molecular weight is 291 g/mol. The van der Waals surface area contributed by atoms with E-state index < -0.39 is 0 Å². The Labute approximate surface area is 128 Å². The van der Waals surface area contributed by atoms with Crippen LogP contribution in [-0.4, -0.2) is 37.7 Å². The van der Waals surface area contributed by atoms with Crippen LogP contribution in [0.3, 0.4) is 0 Å². The van der Waals surface area contributed by atoms with Crippen molar-refractivity contribution in [2.24, 2.45) is 0 Å². The van der Waals surface area contributed by atoms with Gasteiger partial charge < -0.3 is 20.7 Å². The summed E-state index contributed by atoms with van der Waals surface area (Å²) in [6.45, 7) is 7.37. The molecule has 0 bridgehead atoms. The summed E-state index contributed by atoms with van der Waals surface area (Å²) in [4.78, 5) is 2.56. The standard InChI is InChI=1S/C17H29N3O/c1-2-11-21-17-13-15(18)12-16(14-17)19-7-10-20-8-5-3-4-6-9-20/h12-14,19H,2-11,18H2,1H3. The number of ether oxygens (including phenoxy) is 1. The van der Waals surface area contributed by atoms with Crippen LogP contribution in [0.1, 0.15) is 39.0 Å². The number of hydrogen-bond acceptors (Lipinski definition) is 4. The molecule has 0 radical (unpaired) electrons. The quantitative estimate of drug-likeness (QED) is 0.756. The first kappa shape index (κ1) is 16.0. The first-order valence-electron chi connectivity index (χ1n) is 8.27. The van der Waals surface area contributed by atoms with Gasteiger partial charge in [-0.2, -0.15) is 0 Å². The summed E-state index contributed by atoms with van der Waals surface area (Å²) in [6.07, 6.45) is 6.46. The van der Waals surface area contributed by atoms with Crippen molar-refractivity contribution in [3.63, 3.8) is 0 Å². The van der Waals surface area contributed by atoms with Crippen LogP contribution in [-0.2, 0) is 0 Å². The van der Waals surface area contributed by atoms with Gasteiger partial charge in [0.2, 0.25) is 0 Å². The molecule has 1 aromatic carbocycles. The molecule has 21 heavy (non-hydrogen) atoms. The van der Waals surface area contributed by atoms with Gasteiger partial charge in [-0.3, -0.25) is 0 Å². The van der Waals surface area contributed by atoms with Crippen molar-refractivity contribution in [3.8, 4) is 5.75 Å². The maximum atomic E-state index is 5.94. The van der Waals surface area contributed by atoms with Crippen molar-refractivity contribution in [1.29, 1.82) is 0 Å². The fourth-order valence-corrected chi connectivity index (χ4v) is 2.75. The van der Waals surface area contributed by atoms with Crippen LogP contribution in [0, 0.1) is 0 Å². The van der Waals surface area contributed by atoms with Crippen LogP contribution in [0.2, 0.25) is 0 Å². The van der Waals surface area contributed by atoms with Gasteiger partial charge in [0.1, 0.15) is 5.75 Å². The van der Waals surface area contributed by atoms with Gasteiger partial charge in [-0.1, -0.05) is 19.8 Å². The lowest BCUT2D eigenvalue weighted by atomic mass is 10.2. The molecule has 1 saturated heterocycles. The molecule has 1 aliphatic rings. The van der Waals surface area contributed by atoms with E-state index in [9.17, 15) is 0 Å². The molecule has 0 atom stereocenters. The van der Waals surface area contributed by atoms with Gasteiger partial charge in [-0.05, 0) is 38.4 Å². The molecular weight excluding hydrogens is 262 g/mol. The number of nitrogens with zero attached hydrogens (tertiary/aromatic N) is 1. The second-order valence-electron chi connectivity index (χ2n) is 5.82. The van der Waals surface area contributed by atoms with Gasteiger partial charge in [0.15, 0.2) is 0 Å². The Kier molecular flexibility index (Phi) is 6.67. The third-order valence-electron chi connectivity index (χ3n) is 3.86. The molecule has 0 aromatic heterocycles. The molecule has 1 aliphatic heterocycles. The average Bonchev–Trinajstić information content (AvgIpc) is 2.73. The summed E-state index contributed by atoms with van der Waals surface area (Å²) >= 11 is 0. The minimum Gasteiger partial charge on any atom is -0.493 e. The van der Waals surface area contributed by atoms with Crippen molar-refractivity contribution in [2.45, 2.75) is 39.0 Å². The van der Waals surface area contributed by atoms with Crippen LogP contribution in [0.25, 0.3) is 0 Å². The molecule has 0 unspecified atom stereocenters. The van der Waals surface area contributed by atoms with Gasteiger partial charge in [-0.25, -0.2) is 0 Å². The molecule has 4 nitrogen and oxygen atoms in total. The number of hydrogen-bond donors (Lipinski definition) is 2. The molecule has 0 saturated carbocycles. The van der Waals surface area contributed by atoms with E-state index in [0.29, 0.717) is 0 Å². The Morgan fingerprint density at radius 3 is 2.62 bits per heavy atom. The van der Waals surface area contributed by atoms with E-state index in [2.05, 4.69) is 17.1 Å². The Morgan fingerprint density at radius 2 is 1.90 bits per heavy atom. The van der Waals surface area contributed by atoms with Gasteiger partial charge in [0, 0.05) is 36.6 Å². The zero-order valence-electron chi connectivity index (χ0n) is 13.2. The van der Waals surface area contributed by atoms with Crippen molar-refractivity contribution < 1.29 is 4.74 Å². The van der Waals surface area contributed by atoms with E-state index in [0.717, 1.165) is 43.2 Å². The molecule has 1 heterocycles. The van der Waals surface area contributed by atoms with Crippen LogP contribution in [0.5, 0.6) is 5.75 Å². The van der Waals surface area contributed by atoms with Crippen LogP contribution < -0.4 is 15.8 Å². The zero-order chi connectivity index (χ0) is 14.9. The first-order valence-corrected chi connectivity index (χ1v) is 8.27. The lowest BCUT2D eigenvalue weighted by Crippen LogP contribution is -2.29. The Morgan fingerprint density at radius 1 is 1.14 bits per heavy atom. The maximum Gasteiger partial charge on any atom is 0.123 e. The van der Waals surface area contributed by atoms with E-state index >= 15 is 0 Å². The molecule has 3 N–H and O–H groups in total. The fourth-order valence-electron chi connectivity index (χ4n) is 2.75. The maximum absolute atomic E-state index is 5.94. The van der Waals surface area contributed by atoms with Crippen LogP contribution in [0.4, 0.5) is 11.4 Å². The third-order valence-corrected chi connectivity index (χ3v) is 3.86. The van der Waals surface area contributed by atoms with Gasteiger partial charge in [0.05, 0.1) is 6.61 Å². The topological polar surface area (TPSA) is 50.5 Å². The molecule has 2 rings (SSSR count). The first-order chi connectivity index (χ1) is 10.3. The number of rotatable bonds is 7. The summed E-state index contributed by atoms with van der Waals surface area (Å²) < 4.78 is 5.66. The summed E-state index contributed by atoms with van der Waals surface area (Å²) in [6, 6.07) is 5.89. The SMILES string of the molecule is CCCOc1cc(N)cc(NCCN2CCCCCC2)c1. The molecule has 1 aromatic rings. The fraction of sp³-hybridized carbons (Fsp3) is 0.647. The molecule has 0 spiro atoms. The van der Waals surface area contributed by atoms with Gasteiger partial charge >= 0.3 is 0 Å². The lowest BCUT2D eigenvalue weighted by Gasteiger charge is -2.20. The Balaban J connectivity index is 1.80. The monoisotopic (exact) mass is 291 g/mol. The highest BCUT2D eigenvalue weighted by Crippen LogP contribution is 2.22. The zero-order valence-corrected chi connectivity index (χ0v) is 13.2. The second kappa shape index (κ2) is 8.78. The largest absolute Gasteiger partial charge is 0.493 e. The Bertz CT molecular complexity index is 414. The summed E-state index contributed by atoms with van der Waals surface area (Å²) in [7, 11) is 0. The minimum absolute atomic E-state index is 0.733. The summed E-state index contributed by atoms with van der Waals surface area (Å²) in [5, 5.41) is 3.47. The van der Waals surface area contributed by atoms with Crippen LogP contribution >= 0.6 is 0 Å². The highest BCUT2D eigenvalue weighted by atomic mass is 16.5. The molecule has 0 amide bonds. The van der Waals surface area contributed by atoms with E-state index in [1.54, 1.807) is 0 Å². The molecule has 1 fully saturated rings. The van der Waals surface area contributed by atoms with Crippen molar-refractivity contribution >= 4 is 11.4 Å².